The summed E-state index contributed by atoms with van der Waals surface area (Å²) in [4.78, 5) is 2.68. The molecule has 2 nitrogen and oxygen atoms in total. The normalized spacial score (nSPS) is 28.8. The van der Waals surface area contributed by atoms with Crippen molar-refractivity contribution in [3.63, 3.8) is 0 Å². The van der Waals surface area contributed by atoms with Crippen LogP contribution < -0.4 is 5.32 Å². The summed E-state index contributed by atoms with van der Waals surface area (Å²) in [7, 11) is 0. The average Bonchev–Trinajstić information content (AvgIpc) is 2.57. The van der Waals surface area contributed by atoms with Crippen LogP contribution in [0, 0.1) is 23.2 Å². The Labute approximate surface area is 115 Å². The molecular weight excluding hydrogens is 220 g/mol. The fourth-order valence-corrected chi connectivity index (χ4v) is 2.87. The van der Waals surface area contributed by atoms with Crippen molar-refractivity contribution < 1.29 is 0 Å². The number of nitrogens with zero attached hydrogens (tertiary/aromatic N) is 1. The highest BCUT2D eigenvalue weighted by Crippen LogP contribution is 2.28. The standard InChI is InChI=1S/C16H34N2/c1-7-16(6,11-17-8-13(2)3)12-18-9-14(4)15(5)10-18/h13-15,17H,7-12H2,1-6H3. The third-order valence-corrected chi connectivity index (χ3v) is 4.63. The molecule has 0 saturated carbocycles. The third-order valence-electron chi connectivity index (χ3n) is 4.63. The Morgan fingerprint density at radius 2 is 1.78 bits per heavy atom. The van der Waals surface area contributed by atoms with Crippen molar-refractivity contribution in [2.45, 2.75) is 48.0 Å². The van der Waals surface area contributed by atoms with Gasteiger partial charge in [0, 0.05) is 26.2 Å². The minimum absolute atomic E-state index is 0.429. The van der Waals surface area contributed by atoms with Crippen molar-refractivity contribution in [2.24, 2.45) is 23.2 Å². The highest BCUT2D eigenvalue weighted by Gasteiger charge is 2.31. The molecule has 1 aliphatic rings. The molecule has 0 radical (unpaired) electrons. The number of hydrogen-bond donors (Lipinski definition) is 1. The molecular formula is C16H34N2. The molecule has 0 aromatic heterocycles. The predicted molar refractivity (Wildman–Crippen MR) is 80.9 cm³/mol. The Morgan fingerprint density at radius 3 is 2.22 bits per heavy atom. The summed E-state index contributed by atoms with van der Waals surface area (Å²) >= 11 is 0. The molecule has 1 aliphatic heterocycles. The van der Waals surface area contributed by atoms with Gasteiger partial charge in [0.15, 0.2) is 0 Å². The maximum absolute atomic E-state index is 3.65. The summed E-state index contributed by atoms with van der Waals surface area (Å²) in [6.07, 6.45) is 1.26. The molecule has 0 bridgehead atoms. The number of nitrogens with one attached hydrogen (secondary N) is 1. The molecule has 0 aromatic carbocycles. The second-order valence-electron chi connectivity index (χ2n) is 7.34. The zero-order valence-corrected chi connectivity index (χ0v) is 13.4. The molecule has 1 saturated heterocycles. The molecule has 2 heteroatoms. The molecule has 108 valence electrons. The van der Waals surface area contributed by atoms with Crippen LogP contribution in [-0.4, -0.2) is 37.6 Å². The molecule has 1 fully saturated rings. The Hall–Kier alpha value is -0.0800. The van der Waals surface area contributed by atoms with E-state index < -0.39 is 0 Å². The lowest BCUT2D eigenvalue weighted by Gasteiger charge is -2.33. The Bertz CT molecular complexity index is 229. The summed E-state index contributed by atoms with van der Waals surface area (Å²) in [5.41, 5.74) is 0.429. The van der Waals surface area contributed by atoms with Gasteiger partial charge in [0.25, 0.3) is 0 Å². The quantitative estimate of drug-likeness (QED) is 0.750. The molecule has 0 aromatic rings. The van der Waals surface area contributed by atoms with Gasteiger partial charge in [0.1, 0.15) is 0 Å². The van der Waals surface area contributed by atoms with Gasteiger partial charge >= 0.3 is 0 Å². The van der Waals surface area contributed by atoms with E-state index in [9.17, 15) is 0 Å². The highest BCUT2D eigenvalue weighted by molar-refractivity contribution is 4.85. The van der Waals surface area contributed by atoms with E-state index in [2.05, 4.69) is 51.8 Å². The van der Waals surface area contributed by atoms with Crippen LogP contribution in [0.1, 0.15) is 48.0 Å². The van der Waals surface area contributed by atoms with Crippen LogP contribution in [0.15, 0.2) is 0 Å². The maximum Gasteiger partial charge on any atom is 0.00476 e. The van der Waals surface area contributed by atoms with E-state index in [1.54, 1.807) is 0 Å². The molecule has 18 heavy (non-hydrogen) atoms. The van der Waals surface area contributed by atoms with E-state index in [1.807, 2.05) is 0 Å². The number of rotatable bonds is 7. The molecule has 0 amide bonds. The second-order valence-corrected chi connectivity index (χ2v) is 7.34. The summed E-state index contributed by atoms with van der Waals surface area (Å²) in [5, 5.41) is 3.65. The van der Waals surface area contributed by atoms with Crippen LogP contribution in [0.3, 0.4) is 0 Å². The van der Waals surface area contributed by atoms with Crippen LogP contribution in [0.4, 0.5) is 0 Å². The molecule has 0 spiro atoms. The van der Waals surface area contributed by atoms with Crippen molar-refractivity contribution in [3.8, 4) is 0 Å². The first-order valence-electron chi connectivity index (χ1n) is 7.79. The zero-order valence-electron chi connectivity index (χ0n) is 13.4. The molecule has 3 atom stereocenters. The fourth-order valence-electron chi connectivity index (χ4n) is 2.87. The lowest BCUT2D eigenvalue weighted by molar-refractivity contribution is 0.173. The minimum Gasteiger partial charge on any atom is -0.316 e. The molecule has 0 aliphatic carbocycles. The van der Waals surface area contributed by atoms with Crippen molar-refractivity contribution in [1.29, 1.82) is 0 Å². The highest BCUT2D eigenvalue weighted by atomic mass is 15.2. The fraction of sp³-hybridized carbons (Fsp3) is 1.00. The topological polar surface area (TPSA) is 15.3 Å². The van der Waals surface area contributed by atoms with Crippen LogP contribution in [0.5, 0.6) is 0 Å². The first-order chi connectivity index (χ1) is 8.36. The SMILES string of the molecule is CCC(C)(CNCC(C)C)CN1CC(C)C(C)C1. The number of hydrogen-bond acceptors (Lipinski definition) is 2. The third kappa shape index (κ3) is 4.89. The summed E-state index contributed by atoms with van der Waals surface area (Å²) in [6, 6.07) is 0. The van der Waals surface area contributed by atoms with Crippen LogP contribution >= 0.6 is 0 Å². The van der Waals surface area contributed by atoms with E-state index in [1.165, 1.54) is 26.1 Å². The van der Waals surface area contributed by atoms with Crippen molar-refractivity contribution >= 4 is 0 Å². The Morgan fingerprint density at radius 1 is 1.22 bits per heavy atom. The van der Waals surface area contributed by atoms with Crippen LogP contribution in [-0.2, 0) is 0 Å². The smallest absolute Gasteiger partial charge is 0.00476 e. The maximum atomic E-state index is 3.65. The first kappa shape index (κ1) is 16.0. The van der Waals surface area contributed by atoms with E-state index >= 15 is 0 Å². The monoisotopic (exact) mass is 254 g/mol. The molecule has 1 N–H and O–H groups in total. The predicted octanol–water partition coefficient (Wildman–Crippen LogP) is 3.24. The van der Waals surface area contributed by atoms with Gasteiger partial charge in [-0.2, -0.15) is 0 Å². The summed E-state index contributed by atoms with van der Waals surface area (Å²) < 4.78 is 0. The van der Waals surface area contributed by atoms with Gasteiger partial charge in [0.05, 0.1) is 0 Å². The molecule has 3 unspecified atom stereocenters. The van der Waals surface area contributed by atoms with E-state index in [4.69, 9.17) is 0 Å². The first-order valence-corrected chi connectivity index (χ1v) is 7.79. The van der Waals surface area contributed by atoms with Gasteiger partial charge in [0.2, 0.25) is 0 Å². The van der Waals surface area contributed by atoms with E-state index in [0.717, 1.165) is 30.8 Å². The van der Waals surface area contributed by atoms with Gasteiger partial charge < -0.3 is 10.2 Å². The largest absolute Gasteiger partial charge is 0.316 e. The summed E-state index contributed by atoms with van der Waals surface area (Å²) in [5.74, 6) is 2.49. The van der Waals surface area contributed by atoms with Gasteiger partial charge in [-0.15, -0.1) is 0 Å². The lowest BCUT2D eigenvalue weighted by atomic mass is 9.86. The van der Waals surface area contributed by atoms with Crippen LogP contribution in [0.2, 0.25) is 0 Å². The van der Waals surface area contributed by atoms with Crippen LogP contribution in [0.25, 0.3) is 0 Å². The average molecular weight is 254 g/mol. The van der Waals surface area contributed by atoms with Crippen molar-refractivity contribution in [1.82, 2.24) is 10.2 Å². The Kier molecular flexibility index (Phi) is 6.13. The summed E-state index contributed by atoms with van der Waals surface area (Å²) in [6.45, 7) is 20.2. The van der Waals surface area contributed by atoms with Gasteiger partial charge in [-0.05, 0) is 36.1 Å². The van der Waals surface area contributed by atoms with Crippen molar-refractivity contribution in [2.75, 3.05) is 32.7 Å². The van der Waals surface area contributed by atoms with Crippen molar-refractivity contribution in [3.05, 3.63) is 0 Å². The number of likely N-dealkylation sites (tertiary alicyclic amines) is 1. The zero-order chi connectivity index (χ0) is 13.8. The Balaban J connectivity index is 2.39. The molecule has 1 heterocycles. The van der Waals surface area contributed by atoms with Gasteiger partial charge in [-0.3, -0.25) is 0 Å². The lowest BCUT2D eigenvalue weighted by Crippen LogP contribution is -2.42. The minimum atomic E-state index is 0.429. The van der Waals surface area contributed by atoms with Gasteiger partial charge in [-0.25, -0.2) is 0 Å². The van der Waals surface area contributed by atoms with Gasteiger partial charge in [-0.1, -0.05) is 41.5 Å². The molecule has 1 rings (SSSR count). The van der Waals surface area contributed by atoms with E-state index in [0.29, 0.717) is 5.41 Å². The second kappa shape index (κ2) is 6.91. The van der Waals surface area contributed by atoms with E-state index in [-0.39, 0.29) is 0 Å².